The molecule has 0 bridgehead atoms. The van der Waals surface area contributed by atoms with E-state index in [2.05, 4.69) is 35.9 Å². The third-order valence-electron chi connectivity index (χ3n) is 8.30. The number of amides is 2. The van der Waals surface area contributed by atoms with Crippen LogP contribution in [-0.2, 0) is 9.53 Å². The van der Waals surface area contributed by atoms with Gasteiger partial charge in [-0.05, 0) is 56.7 Å². The summed E-state index contributed by atoms with van der Waals surface area (Å²) in [6.45, 7) is 5.56. The van der Waals surface area contributed by atoms with Crippen LogP contribution >= 0.6 is 0 Å². The van der Waals surface area contributed by atoms with E-state index in [-0.39, 0.29) is 17.6 Å². The number of carbonyl (C=O) groups excluding carboxylic acids is 2. The molecule has 7 rings (SSSR count). The number of rotatable bonds is 7. The topological polar surface area (TPSA) is 132 Å². The van der Waals surface area contributed by atoms with Crippen molar-refractivity contribution in [1.29, 1.82) is 0 Å². The number of pyridine rings is 2. The first kappa shape index (κ1) is 24.9. The maximum atomic E-state index is 13.2. The predicted octanol–water partition coefficient (Wildman–Crippen LogP) is 2.93. The molecule has 12 nitrogen and oxygen atoms in total. The number of nitrogens with one attached hydrogen (secondary N) is 2. The SMILES string of the molecule is Cc1ncc(NC(=O)CN2CCC3(CC3)C2)cc1NC(=O)c1nnn2cc(-c3cnn(C4CCOC4)c3)ccc12. The largest absolute Gasteiger partial charge is 0.379 e. The van der Waals surface area contributed by atoms with Gasteiger partial charge in [0.25, 0.3) is 5.91 Å². The summed E-state index contributed by atoms with van der Waals surface area (Å²) in [5.41, 5.74) is 4.78. The first-order chi connectivity index (χ1) is 19.4. The van der Waals surface area contributed by atoms with E-state index in [1.165, 1.54) is 19.3 Å². The molecule has 2 amide bonds. The number of hydrogen-bond donors (Lipinski definition) is 2. The van der Waals surface area contributed by atoms with E-state index in [0.717, 1.165) is 37.2 Å². The van der Waals surface area contributed by atoms with Gasteiger partial charge in [0.2, 0.25) is 5.91 Å². The normalized spacial score (nSPS) is 19.9. The minimum Gasteiger partial charge on any atom is -0.379 e. The van der Waals surface area contributed by atoms with Crippen molar-refractivity contribution in [2.45, 2.75) is 38.6 Å². The second-order valence-corrected chi connectivity index (χ2v) is 11.2. The van der Waals surface area contributed by atoms with Crippen LogP contribution in [0.3, 0.4) is 0 Å². The van der Waals surface area contributed by atoms with Gasteiger partial charge in [0.15, 0.2) is 5.69 Å². The van der Waals surface area contributed by atoms with Crippen molar-refractivity contribution in [2.24, 2.45) is 5.41 Å². The molecule has 12 heteroatoms. The second-order valence-electron chi connectivity index (χ2n) is 11.2. The van der Waals surface area contributed by atoms with Gasteiger partial charge in [0.05, 0.1) is 54.2 Å². The zero-order valence-corrected chi connectivity index (χ0v) is 22.3. The third kappa shape index (κ3) is 4.84. The molecule has 6 heterocycles. The predicted molar refractivity (Wildman–Crippen MR) is 147 cm³/mol. The summed E-state index contributed by atoms with van der Waals surface area (Å²) in [5, 5.41) is 18.6. The summed E-state index contributed by atoms with van der Waals surface area (Å²) >= 11 is 0. The summed E-state index contributed by atoms with van der Waals surface area (Å²) in [4.78, 5) is 32.4. The molecule has 4 aromatic heterocycles. The summed E-state index contributed by atoms with van der Waals surface area (Å²) in [7, 11) is 0. The number of ether oxygens (including phenoxy) is 1. The van der Waals surface area contributed by atoms with Crippen LogP contribution in [0.5, 0.6) is 0 Å². The summed E-state index contributed by atoms with van der Waals surface area (Å²) in [6.07, 6.45) is 11.9. The smallest absolute Gasteiger partial charge is 0.278 e. The minimum absolute atomic E-state index is 0.0807. The molecular weight excluding hydrogens is 510 g/mol. The summed E-state index contributed by atoms with van der Waals surface area (Å²) in [5.74, 6) is -0.486. The quantitative estimate of drug-likeness (QED) is 0.365. The Morgan fingerprint density at radius 1 is 1.12 bits per heavy atom. The molecule has 0 radical (unpaired) electrons. The fourth-order valence-electron chi connectivity index (χ4n) is 5.71. The van der Waals surface area contributed by atoms with Gasteiger partial charge in [-0.2, -0.15) is 5.10 Å². The number of anilines is 2. The van der Waals surface area contributed by atoms with E-state index < -0.39 is 5.91 Å². The highest BCUT2D eigenvalue weighted by molar-refractivity contribution is 6.08. The Morgan fingerprint density at radius 3 is 2.83 bits per heavy atom. The highest BCUT2D eigenvalue weighted by atomic mass is 16.5. The molecule has 2 N–H and O–H groups in total. The highest BCUT2D eigenvalue weighted by Gasteiger charge is 2.47. The van der Waals surface area contributed by atoms with E-state index in [1.54, 1.807) is 23.7 Å². The average molecular weight is 542 g/mol. The molecule has 1 unspecified atom stereocenters. The van der Waals surface area contributed by atoms with Crippen molar-refractivity contribution in [3.8, 4) is 11.1 Å². The number of hydrogen-bond acceptors (Lipinski definition) is 8. The number of fused-ring (bicyclic) bond motifs is 1. The average Bonchev–Trinajstić information content (AvgIpc) is 3.47. The molecule has 3 fully saturated rings. The molecular formula is C28H31N9O3. The van der Waals surface area contributed by atoms with Gasteiger partial charge in [0.1, 0.15) is 0 Å². The first-order valence-corrected chi connectivity index (χ1v) is 13.7. The molecule has 4 aromatic rings. The maximum Gasteiger partial charge on any atom is 0.278 e. The Labute approximate surface area is 230 Å². The van der Waals surface area contributed by atoms with Gasteiger partial charge in [-0.15, -0.1) is 5.10 Å². The molecule has 206 valence electrons. The van der Waals surface area contributed by atoms with Crippen LogP contribution in [0.1, 0.15) is 47.9 Å². The number of aromatic nitrogens is 6. The van der Waals surface area contributed by atoms with Crippen LogP contribution in [0.15, 0.2) is 43.0 Å². The molecule has 1 saturated carbocycles. The van der Waals surface area contributed by atoms with Gasteiger partial charge in [-0.25, -0.2) is 4.52 Å². The lowest BCUT2D eigenvalue weighted by atomic mass is 10.1. The zero-order valence-electron chi connectivity index (χ0n) is 22.3. The highest BCUT2D eigenvalue weighted by Crippen LogP contribution is 2.52. The van der Waals surface area contributed by atoms with Crippen LogP contribution in [0.25, 0.3) is 16.6 Å². The lowest BCUT2D eigenvalue weighted by molar-refractivity contribution is -0.117. The van der Waals surface area contributed by atoms with E-state index in [4.69, 9.17) is 4.74 Å². The van der Waals surface area contributed by atoms with Crippen LogP contribution in [0.2, 0.25) is 0 Å². The van der Waals surface area contributed by atoms with Gasteiger partial charge < -0.3 is 15.4 Å². The Morgan fingerprint density at radius 2 is 2.02 bits per heavy atom. The Kier molecular flexibility index (Phi) is 6.08. The van der Waals surface area contributed by atoms with Gasteiger partial charge >= 0.3 is 0 Å². The zero-order chi connectivity index (χ0) is 27.3. The third-order valence-corrected chi connectivity index (χ3v) is 8.30. The Balaban J connectivity index is 1.03. The van der Waals surface area contributed by atoms with Crippen molar-refractivity contribution in [2.75, 3.05) is 43.5 Å². The molecule has 1 aliphatic carbocycles. The van der Waals surface area contributed by atoms with Crippen LogP contribution < -0.4 is 10.6 Å². The lowest BCUT2D eigenvalue weighted by Gasteiger charge is -2.16. The molecule has 2 aliphatic heterocycles. The second kappa shape index (κ2) is 9.79. The molecule has 40 heavy (non-hydrogen) atoms. The minimum atomic E-state index is -0.406. The van der Waals surface area contributed by atoms with Crippen molar-refractivity contribution in [3.63, 3.8) is 0 Å². The lowest BCUT2D eigenvalue weighted by Crippen LogP contribution is -2.31. The van der Waals surface area contributed by atoms with E-state index in [1.807, 2.05) is 35.4 Å². The Bertz CT molecular complexity index is 1600. The maximum absolute atomic E-state index is 13.2. The van der Waals surface area contributed by atoms with Crippen molar-refractivity contribution in [3.05, 3.63) is 54.4 Å². The molecule has 1 atom stereocenters. The fourth-order valence-corrected chi connectivity index (χ4v) is 5.71. The van der Waals surface area contributed by atoms with E-state index >= 15 is 0 Å². The molecule has 2 saturated heterocycles. The standard InChI is InChI=1S/C28H31N9O3/c1-18-23(10-21(12-29-18)31-25(38)15-35-8-7-28(17-35)5-6-28)32-27(39)26-24-3-2-19(13-37(24)34-33-26)20-11-30-36(14-20)22-4-9-40-16-22/h2-3,10-14,22H,4-9,15-17H2,1H3,(H,31,38)(H,32,39). The summed E-state index contributed by atoms with van der Waals surface area (Å²) < 4.78 is 9.00. The number of carbonyl (C=O) groups is 2. The van der Waals surface area contributed by atoms with E-state index in [9.17, 15) is 9.59 Å². The summed E-state index contributed by atoms with van der Waals surface area (Å²) in [6, 6.07) is 5.73. The number of nitrogens with zero attached hydrogens (tertiary/aromatic N) is 7. The Hall–Kier alpha value is -4.16. The van der Waals surface area contributed by atoms with Crippen molar-refractivity contribution >= 4 is 28.7 Å². The van der Waals surface area contributed by atoms with E-state index in [0.29, 0.717) is 41.2 Å². The van der Waals surface area contributed by atoms with Gasteiger partial charge in [-0.3, -0.25) is 24.2 Å². The number of likely N-dealkylation sites (tertiary alicyclic amines) is 1. The van der Waals surface area contributed by atoms with Crippen LogP contribution in [-0.4, -0.2) is 79.2 Å². The first-order valence-electron chi connectivity index (χ1n) is 13.7. The van der Waals surface area contributed by atoms with Crippen LogP contribution in [0.4, 0.5) is 11.4 Å². The fraction of sp³-hybridized carbons (Fsp3) is 0.429. The monoisotopic (exact) mass is 541 g/mol. The van der Waals surface area contributed by atoms with Gasteiger partial charge in [0, 0.05) is 36.7 Å². The molecule has 1 spiro atoms. The number of aryl methyl sites for hydroxylation is 1. The van der Waals surface area contributed by atoms with Gasteiger partial charge in [-0.1, -0.05) is 11.3 Å². The van der Waals surface area contributed by atoms with Crippen molar-refractivity contribution < 1.29 is 14.3 Å². The molecule has 3 aliphatic rings. The van der Waals surface area contributed by atoms with Crippen LogP contribution in [0, 0.1) is 12.3 Å². The molecule has 0 aromatic carbocycles. The van der Waals surface area contributed by atoms with Crippen molar-refractivity contribution in [1.82, 2.24) is 34.5 Å².